The Balaban J connectivity index is 2.33. The van der Waals surface area contributed by atoms with E-state index in [2.05, 4.69) is 0 Å². The zero-order chi connectivity index (χ0) is 12.7. The van der Waals surface area contributed by atoms with Crippen LogP contribution in [0.3, 0.4) is 0 Å². The fraction of sp³-hybridized carbons (Fsp3) is 0.500. The highest BCUT2D eigenvalue weighted by Crippen LogP contribution is 2.58. The topological polar surface area (TPSA) is 55.8 Å². The number of hydrogen-bond donors (Lipinski definition) is 1. The van der Waals surface area contributed by atoms with Crippen molar-refractivity contribution in [2.75, 3.05) is 6.61 Å². The first-order valence-corrected chi connectivity index (χ1v) is 7.02. The minimum Gasteiger partial charge on any atom is -0.302 e. The van der Waals surface area contributed by atoms with E-state index < -0.39 is 13.9 Å². The van der Waals surface area contributed by atoms with Gasteiger partial charge in [0.2, 0.25) is 0 Å². The predicted octanol–water partition coefficient (Wildman–Crippen LogP) is 3.21. The molecule has 1 aromatic carbocycles. The molecule has 0 bridgehead atoms. The molecule has 1 aliphatic heterocycles. The molecule has 2 atom stereocenters. The number of benzene rings is 1. The molecule has 1 fully saturated rings. The van der Waals surface area contributed by atoms with Crippen molar-refractivity contribution in [3.8, 4) is 0 Å². The van der Waals surface area contributed by atoms with Crippen LogP contribution in [0.15, 0.2) is 24.3 Å². The van der Waals surface area contributed by atoms with Gasteiger partial charge >= 0.3 is 7.82 Å². The molecule has 1 saturated heterocycles. The van der Waals surface area contributed by atoms with Crippen LogP contribution in [0.5, 0.6) is 0 Å². The maximum atomic E-state index is 11.5. The van der Waals surface area contributed by atoms with Crippen LogP contribution in [-0.2, 0) is 13.6 Å². The van der Waals surface area contributed by atoms with Crippen molar-refractivity contribution >= 4 is 7.82 Å². The lowest BCUT2D eigenvalue weighted by Gasteiger charge is -2.39. The fourth-order valence-electron chi connectivity index (χ4n) is 1.88. The Bertz CT molecular complexity index is 452. The highest BCUT2D eigenvalue weighted by atomic mass is 31.2. The van der Waals surface area contributed by atoms with Crippen LogP contribution >= 0.6 is 7.82 Å². The second kappa shape index (κ2) is 4.21. The normalized spacial score (nSPS) is 32.4. The van der Waals surface area contributed by atoms with E-state index in [9.17, 15) is 9.46 Å². The number of aryl methyl sites for hydroxylation is 1. The van der Waals surface area contributed by atoms with Crippen molar-refractivity contribution < 1.29 is 18.5 Å². The summed E-state index contributed by atoms with van der Waals surface area (Å²) in [6, 6.07) is 7.78. The molecule has 1 aromatic rings. The molecule has 17 heavy (non-hydrogen) atoms. The maximum absolute atomic E-state index is 11.5. The summed E-state index contributed by atoms with van der Waals surface area (Å²) in [4.78, 5) is 9.40. The first kappa shape index (κ1) is 12.8. The van der Waals surface area contributed by atoms with Crippen molar-refractivity contribution in [3.05, 3.63) is 35.4 Å². The molecule has 1 aliphatic rings. The first-order valence-electron chi connectivity index (χ1n) is 5.52. The molecule has 4 nitrogen and oxygen atoms in total. The van der Waals surface area contributed by atoms with Crippen LogP contribution in [0.2, 0.25) is 0 Å². The number of hydrogen-bond acceptors (Lipinski definition) is 3. The SMILES string of the molecule is Cc1ccc(C2OP(=O)(O)OCC2(C)C)cc1. The van der Waals surface area contributed by atoms with Gasteiger partial charge in [0.1, 0.15) is 6.10 Å². The van der Waals surface area contributed by atoms with E-state index in [-0.39, 0.29) is 12.0 Å². The predicted molar refractivity (Wildman–Crippen MR) is 64.6 cm³/mol. The number of phosphoric ester groups is 1. The lowest BCUT2D eigenvalue weighted by atomic mass is 9.83. The van der Waals surface area contributed by atoms with Gasteiger partial charge in [0.25, 0.3) is 0 Å². The van der Waals surface area contributed by atoms with Gasteiger partial charge in [0.15, 0.2) is 0 Å². The summed E-state index contributed by atoms with van der Waals surface area (Å²) < 4.78 is 21.5. The Kier molecular flexibility index (Phi) is 3.17. The van der Waals surface area contributed by atoms with Crippen LogP contribution in [-0.4, -0.2) is 11.5 Å². The molecule has 0 saturated carbocycles. The molecule has 0 aromatic heterocycles. The van der Waals surface area contributed by atoms with Crippen LogP contribution in [0.25, 0.3) is 0 Å². The lowest BCUT2D eigenvalue weighted by Crippen LogP contribution is -2.33. The summed E-state index contributed by atoms with van der Waals surface area (Å²) in [6.07, 6.45) is -0.423. The average Bonchev–Trinajstić information content (AvgIpc) is 2.24. The van der Waals surface area contributed by atoms with Gasteiger partial charge < -0.3 is 4.89 Å². The van der Waals surface area contributed by atoms with Crippen LogP contribution in [0.4, 0.5) is 0 Å². The van der Waals surface area contributed by atoms with Gasteiger partial charge in [-0.3, -0.25) is 9.05 Å². The molecular formula is C12H17O4P. The molecule has 1 heterocycles. The largest absolute Gasteiger partial charge is 0.472 e. The van der Waals surface area contributed by atoms with Gasteiger partial charge in [-0.25, -0.2) is 4.57 Å². The minimum absolute atomic E-state index is 0.208. The molecule has 5 heteroatoms. The Morgan fingerprint density at radius 1 is 1.35 bits per heavy atom. The Labute approximate surface area is 101 Å². The third-order valence-electron chi connectivity index (χ3n) is 2.93. The monoisotopic (exact) mass is 256 g/mol. The first-order chi connectivity index (χ1) is 7.80. The van der Waals surface area contributed by atoms with Crippen molar-refractivity contribution in [2.45, 2.75) is 26.9 Å². The molecule has 2 unspecified atom stereocenters. The van der Waals surface area contributed by atoms with Crippen molar-refractivity contribution in [1.82, 2.24) is 0 Å². The van der Waals surface area contributed by atoms with Crippen molar-refractivity contribution in [2.24, 2.45) is 5.41 Å². The molecule has 0 amide bonds. The van der Waals surface area contributed by atoms with Crippen LogP contribution in [0, 0.1) is 12.3 Å². The van der Waals surface area contributed by atoms with Crippen molar-refractivity contribution in [1.29, 1.82) is 0 Å². The molecule has 0 radical (unpaired) electrons. The standard InChI is InChI=1S/C12H17O4P/c1-9-4-6-10(7-5-9)11-12(2,3)8-15-17(13,14)16-11/h4-7,11H,8H2,1-3H3,(H,13,14). The summed E-state index contributed by atoms with van der Waals surface area (Å²) in [5, 5.41) is 0. The van der Waals surface area contributed by atoms with E-state index in [0.29, 0.717) is 0 Å². The van der Waals surface area contributed by atoms with Gasteiger partial charge in [-0.05, 0) is 12.5 Å². The Hall–Kier alpha value is -0.670. The summed E-state index contributed by atoms with van der Waals surface area (Å²) in [7, 11) is -3.90. The summed E-state index contributed by atoms with van der Waals surface area (Å²) in [5.41, 5.74) is 1.72. The molecule has 0 aliphatic carbocycles. The fourth-order valence-corrected chi connectivity index (χ4v) is 3.11. The third-order valence-corrected chi connectivity index (χ3v) is 3.86. The van der Waals surface area contributed by atoms with E-state index in [0.717, 1.165) is 11.1 Å². The smallest absolute Gasteiger partial charge is 0.302 e. The second-order valence-corrected chi connectivity index (χ2v) is 6.53. The van der Waals surface area contributed by atoms with E-state index in [1.54, 1.807) is 0 Å². The summed E-state index contributed by atoms with van der Waals surface area (Å²) in [6.45, 7) is 6.11. The second-order valence-electron chi connectivity index (χ2n) is 5.13. The Morgan fingerprint density at radius 2 is 1.94 bits per heavy atom. The van der Waals surface area contributed by atoms with Gasteiger partial charge in [0, 0.05) is 5.41 Å². The van der Waals surface area contributed by atoms with E-state index in [1.807, 2.05) is 45.0 Å². The maximum Gasteiger partial charge on any atom is 0.472 e. The molecule has 0 spiro atoms. The molecular weight excluding hydrogens is 239 g/mol. The number of phosphoric acid groups is 1. The average molecular weight is 256 g/mol. The Morgan fingerprint density at radius 3 is 2.53 bits per heavy atom. The molecule has 2 rings (SSSR count). The van der Waals surface area contributed by atoms with Gasteiger partial charge in [-0.2, -0.15) is 0 Å². The van der Waals surface area contributed by atoms with Gasteiger partial charge in [0.05, 0.1) is 6.61 Å². The zero-order valence-corrected chi connectivity index (χ0v) is 11.1. The lowest BCUT2D eigenvalue weighted by molar-refractivity contribution is -0.0472. The molecule has 94 valence electrons. The highest BCUT2D eigenvalue weighted by Gasteiger charge is 2.44. The highest BCUT2D eigenvalue weighted by molar-refractivity contribution is 7.47. The zero-order valence-electron chi connectivity index (χ0n) is 10.2. The van der Waals surface area contributed by atoms with Crippen LogP contribution in [0.1, 0.15) is 31.1 Å². The summed E-state index contributed by atoms with van der Waals surface area (Å²) in [5.74, 6) is 0. The summed E-state index contributed by atoms with van der Waals surface area (Å²) >= 11 is 0. The quantitative estimate of drug-likeness (QED) is 0.784. The van der Waals surface area contributed by atoms with E-state index in [4.69, 9.17) is 9.05 Å². The van der Waals surface area contributed by atoms with Gasteiger partial charge in [-0.15, -0.1) is 0 Å². The van der Waals surface area contributed by atoms with Crippen molar-refractivity contribution in [3.63, 3.8) is 0 Å². The van der Waals surface area contributed by atoms with E-state index in [1.165, 1.54) is 0 Å². The van der Waals surface area contributed by atoms with Crippen LogP contribution < -0.4 is 0 Å². The van der Waals surface area contributed by atoms with Gasteiger partial charge in [-0.1, -0.05) is 43.7 Å². The molecule has 1 N–H and O–H groups in total. The number of rotatable bonds is 1. The minimum atomic E-state index is -3.90. The van der Waals surface area contributed by atoms with E-state index >= 15 is 0 Å². The third kappa shape index (κ3) is 2.78.